The Balaban J connectivity index is 1.93. The minimum atomic E-state index is -1.34. The fourth-order valence-electron chi connectivity index (χ4n) is 2.49. The molecule has 1 N–H and O–H groups in total. The van der Waals surface area contributed by atoms with Crippen molar-refractivity contribution in [3.63, 3.8) is 0 Å². The van der Waals surface area contributed by atoms with E-state index < -0.39 is 23.9 Å². The first kappa shape index (κ1) is 20.0. The second kappa shape index (κ2) is 8.52. The van der Waals surface area contributed by atoms with Crippen molar-refractivity contribution in [3.8, 4) is 0 Å². The largest absolute Gasteiger partial charge is 0.467 e. The molecule has 0 radical (unpaired) electrons. The number of aliphatic hydroxyl groups is 1. The van der Waals surface area contributed by atoms with E-state index in [9.17, 15) is 19.1 Å². The minimum Gasteiger partial charge on any atom is -0.467 e. The number of esters is 1. The molecule has 3 rings (SSSR count). The molecule has 0 saturated heterocycles. The van der Waals surface area contributed by atoms with Crippen molar-refractivity contribution in [1.29, 1.82) is 0 Å². The minimum absolute atomic E-state index is 0.0184. The Bertz CT molecular complexity index is 1020. The molecule has 1 unspecified atom stereocenters. The third kappa shape index (κ3) is 4.07. The molecule has 3 aromatic rings. The summed E-state index contributed by atoms with van der Waals surface area (Å²) in [5.74, 6) is -1.58. The highest BCUT2D eigenvalue weighted by atomic mass is 32.1. The van der Waals surface area contributed by atoms with Gasteiger partial charge in [-0.15, -0.1) is 0 Å². The fraction of sp³-hybridized carbons (Fsp3) is 0.294. The second-order valence-corrected chi connectivity index (χ2v) is 6.35. The van der Waals surface area contributed by atoms with Crippen LogP contribution in [0.4, 0.5) is 4.39 Å². The third-order valence-electron chi connectivity index (χ3n) is 3.85. The Kier molecular flexibility index (Phi) is 6.09. The van der Waals surface area contributed by atoms with Crippen LogP contribution in [0.25, 0.3) is 10.9 Å². The van der Waals surface area contributed by atoms with Gasteiger partial charge in [0, 0.05) is 18.7 Å². The van der Waals surface area contributed by atoms with Crippen LogP contribution in [0.2, 0.25) is 0 Å². The van der Waals surface area contributed by atoms with Crippen molar-refractivity contribution in [2.24, 2.45) is 0 Å². The molecule has 9 nitrogen and oxygen atoms in total. The Morgan fingerprint density at radius 1 is 1.36 bits per heavy atom. The number of aliphatic hydroxyl groups excluding tert-OH is 1. The number of hydrogen-bond acceptors (Lipinski definition) is 9. The summed E-state index contributed by atoms with van der Waals surface area (Å²) in [4.78, 5) is 28.0. The third-order valence-corrected chi connectivity index (χ3v) is 4.57. The zero-order chi connectivity index (χ0) is 20.3. The molecule has 148 valence electrons. The topological polar surface area (TPSA) is 113 Å². The predicted molar refractivity (Wildman–Crippen MR) is 95.2 cm³/mol. The normalized spacial score (nSPS) is 12.3. The standard InChI is InChI=1S/C17H16FN3O6S/c1-25-13(22)7-27-8-21-6-11(10-5-9(18)3-4-12(10)21)14(23)16-19-15(20-28-16)17(24)26-2/h3-6,17,24H,7-8H2,1-2H3. The molecule has 0 spiro atoms. The Morgan fingerprint density at radius 3 is 2.86 bits per heavy atom. The van der Waals surface area contributed by atoms with Gasteiger partial charge >= 0.3 is 5.97 Å². The number of methoxy groups -OCH3 is 2. The number of benzene rings is 1. The van der Waals surface area contributed by atoms with Gasteiger partial charge in [0.2, 0.25) is 12.1 Å². The van der Waals surface area contributed by atoms with Crippen LogP contribution in [-0.4, -0.2) is 51.6 Å². The first-order chi connectivity index (χ1) is 13.4. The number of nitrogens with zero attached hydrogens (tertiary/aromatic N) is 3. The molecule has 2 aromatic heterocycles. The first-order valence-electron chi connectivity index (χ1n) is 7.96. The second-order valence-electron chi connectivity index (χ2n) is 5.60. The van der Waals surface area contributed by atoms with Gasteiger partial charge in [-0.3, -0.25) is 4.79 Å². The molecular formula is C17H16FN3O6S. The molecule has 0 aliphatic carbocycles. The number of fused-ring (bicyclic) bond motifs is 1. The maximum atomic E-state index is 13.8. The average molecular weight is 409 g/mol. The summed E-state index contributed by atoms with van der Waals surface area (Å²) in [5.41, 5.74) is 0.724. The van der Waals surface area contributed by atoms with Gasteiger partial charge in [0.1, 0.15) is 19.2 Å². The van der Waals surface area contributed by atoms with E-state index in [1.807, 2.05) is 0 Å². The van der Waals surface area contributed by atoms with E-state index in [-0.39, 0.29) is 29.7 Å². The Hall–Kier alpha value is -2.73. The van der Waals surface area contributed by atoms with Crippen LogP contribution in [-0.2, 0) is 25.7 Å². The average Bonchev–Trinajstić information content (AvgIpc) is 3.32. The number of ether oxygens (including phenoxy) is 3. The van der Waals surface area contributed by atoms with Gasteiger partial charge in [0.05, 0.1) is 18.2 Å². The van der Waals surface area contributed by atoms with Crippen molar-refractivity contribution in [2.75, 3.05) is 20.8 Å². The maximum absolute atomic E-state index is 13.8. The lowest BCUT2D eigenvalue weighted by molar-refractivity contribution is -0.147. The number of aromatic nitrogens is 3. The lowest BCUT2D eigenvalue weighted by atomic mass is 10.1. The lowest BCUT2D eigenvalue weighted by Gasteiger charge is -2.05. The molecule has 28 heavy (non-hydrogen) atoms. The number of halogens is 1. The van der Waals surface area contributed by atoms with Gasteiger partial charge < -0.3 is 23.9 Å². The van der Waals surface area contributed by atoms with Crippen LogP contribution in [0.1, 0.15) is 27.5 Å². The van der Waals surface area contributed by atoms with Crippen LogP contribution in [0.5, 0.6) is 0 Å². The van der Waals surface area contributed by atoms with Crippen LogP contribution in [0.15, 0.2) is 24.4 Å². The van der Waals surface area contributed by atoms with Crippen LogP contribution >= 0.6 is 11.5 Å². The molecule has 11 heteroatoms. The highest BCUT2D eigenvalue weighted by Crippen LogP contribution is 2.26. The monoisotopic (exact) mass is 409 g/mol. The van der Waals surface area contributed by atoms with Crippen molar-refractivity contribution < 1.29 is 33.3 Å². The van der Waals surface area contributed by atoms with Crippen LogP contribution in [0.3, 0.4) is 0 Å². The Morgan fingerprint density at radius 2 is 2.14 bits per heavy atom. The summed E-state index contributed by atoms with van der Waals surface area (Å²) in [6.45, 7) is -0.316. The summed E-state index contributed by atoms with van der Waals surface area (Å²) in [7, 11) is 2.52. The van der Waals surface area contributed by atoms with Crippen molar-refractivity contribution in [3.05, 3.63) is 46.6 Å². The highest BCUT2D eigenvalue weighted by molar-refractivity contribution is 7.07. The first-order valence-corrected chi connectivity index (χ1v) is 8.74. The van der Waals surface area contributed by atoms with Gasteiger partial charge in [-0.2, -0.15) is 4.37 Å². The maximum Gasteiger partial charge on any atom is 0.331 e. The zero-order valence-corrected chi connectivity index (χ0v) is 15.7. The molecule has 0 aliphatic heterocycles. The van der Waals surface area contributed by atoms with E-state index in [4.69, 9.17) is 9.47 Å². The van der Waals surface area contributed by atoms with Gasteiger partial charge in [0.15, 0.2) is 10.8 Å². The van der Waals surface area contributed by atoms with Gasteiger partial charge in [-0.1, -0.05) is 0 Å². The van der Waals surface area contributed by atoms with E-state index in [2.05, 4.69) is 14.1 Å². The lowest BCUT2D eigenvalue weighted by Crippen LogP contribution is -2.12. The molecule has 0 amide bonds. The summed E-state index contributed by atoms with van der Waals surface area (Å²) in [5, 5.41) is 9.99. The summed E-state index contributed by atoms with van der Waals surface area (Å²) >= 11 is 0.797. The molecule has 0 fully saturated rings. The Labute approximate surface area is 162 Å². The van der Waals surface area contributed by atoms with Crippen molar-refractivity contribution >= 4 is 34.2 Å². The van der Waals surface area contributed by atoms with E-state index >= 15 is 0 Å². The van der Waals surface area contributed by atoms with Crippen molar-refractivity contribution in [1.82, 2.24) is 13.9 Å². The number of rotatable bonds is 8. The van der Waals surface area contributed by atoms with Gasteiger partial charge in [-0.05, 0) is 29.7 Å². The molecule has 1 atom stereocenters. The van der Waals surface area contributed by atoms with E-state index in [1.165, 1.54) is 38.6 Å². The summed E-state index contributed by atoms with van der Waals surface area (Å²) in [6, 6.07) is 3.99. The number of carbonyl (C=O) groups is 2. The van der Waals surface area contributed by atoms with E-state index in [0.29, 0.717) is 10.9 Å². The molecule has 0 aliphatic rings. The molecule has 2 heterocycles. The summed E-state index contributed by atoms with van der Waals surface area (Å²) in [6.07, 6.45) is 0.140. The zero-order valence-electron chi connectivity index (χ0n) is 14.9. The number of hydrogen-bond donors (Lipinski definition) is 1. The van der Waals surface area contributed by atoms with Gasteiger partial charge in [0.25, 0.3) is 0 Å². The number of ketones is 1. The van der Waals surface area contributed by atoms with Gasteiger partial charge in [-0.25, -0.2) is 14.2 Å². The summed E-state index contributed by atoms with van der Waals surface area (Å²) < 4.78 is 33.7. The fourth-order valence-corrected chi connectivity index (χ4v) is 3.13. The molecule has 0 bridgehead atoms. The molecule has 0 saturated carbocycles. The smallest absolute Gasteiger partial charge is 0.331 e. The van der Waals surface area contributed by atoms with Crippen LogP contribution < -0.4 is 0 Å². The predicted octanol–water partition coefficient (Wildman–Crippen LogP) is 1.65. The SMILES string of the molecule is COC(=O)COCn1cc(C(=O)c2nc(C(O)OC)ns2)c2cc(F)ccc21. The number of carbonyl (C=O) groups excluding carboxylic acids is 2. The highest BCUT2D eigenvalue weighted by Gasteiger charge is 2.23. The quantitative estimate of drug-likeness (QED) is 0.339. The van der Waals surface area contributed by atoms with Crippen LogP contribution in [0, 0.1) is 5.82 Å². The van der Waals surface area contributed by atoms with Crippen molar-refractivity contribution in [2.45, 2.75) is 13.0 Å². The van der Waals surface area contributed by atoms with E-state index in [0.717, 1.165) is 11.5 Å². The molecule has 1 aromatic carbocycles. The molecular weight excluding hydrogens is 393 g/mol. The van der Waals surface area contributed by atoms with E-state index in [1.54, 1.807) is 4.57 Å².